The van der Waals surface area contributed by atoms with Crippen molar-refractivity contribution in [3.8, 4) is 0 Å². The van der Waals surface area contributed by atoms with Crippen LogP contribution in [0.4, 0.5) is 0 Å². The van der Waals surface area contributed by atoms with Crippen molar-refractivity contribution in [3.63, 3.8) is 0 Å². The van der Waals surface area contributed by atoms with Gasteiger partial charge in [-0.1, -0.05) is 31.4 Å². The molecule has 1 aliphatic rings. The standard InChI is InChI=1S/C18H27NO2/c1-14(20)12-13-19(2)18(21)17-10-8-16(9-11-17)15-6-4-3-5-7-15/h8-11,14-15,20H,3-7,12-13H2,1-2H3. The first kappa shape index (κ1) is 16.0. The molecular formula is C18H27NO2. The van der Waals surface area contributed by atoms with Crippen LogP contribution in [-0.2, 0) is 0 Å². The Hall–Kier alpha value is -1.35. The van der Waals surface area contributed by atoms with Crippen molar-refractivity contribution in [2.45, 2.75) is 57.5 Å². The summed E-state index contributed by atoms with van der Waals surface area (Å²) in [5.74, 6) is 0.710. The fraction of sp³-hybridized carbons (Fsp3) is 0.611. The first-order valence-electron chi connectivity index (χ1n) is 8.11. The minimum absolute atomic E-state index is 0.0332. The molecule has 1 saturated carbocycles. The molecule has 1 fully saturated rings. The quantitative estimate of drug-likeness (QED) is 0.900. The van der Waals surface area contributed by atoms with E-state index >= 15 is 0 Å². The highest BCUT2D eigenvalue weighted by atomic mass is 16.3. The SMILES string of the molecule is CC(O)CCN(C)C(=O)c1ccc(C2CCCCC2)cc1. The second kappa shape index (κ2) is 7.60. The molecule has 1 aromatic rings. The Balaban J connectivity index is 1.95. The molecule has 1 atom stereocenters. The Bertz CT molecular complexity index is 447. The lowest BCUT2D eigenvalue weighted by Crippen LogP contribution is -2.29. The maximum absolute atomic E-state index is 12.3. The number of nitrogens with zero attached hydrogens (tertiary/aromatic N) is 1. The van der Waals surface area contributed by atoms with Crippen molar-refractivity contribution in [2.24, 2.45) is 0 Å². The molecule has 1 aliphatic carbocycles. The molecule has 0 spiro atoms. The van der Waals surface area contributed by atoms with E-state index < -0.39 is 0 Å². The van der Waals surface area contributed by atoms with Crippen LogP contribution in [0.1, 0.15) is 67.3 Å². The summed E-state index contributed by atoms with van der Waals surface area (Å²) in [7, 11) is 1.79. The molecule has 0 heterocycles. The molecule has 1 amide bonds. The summed E-state index contributed by atoms with van der Waals surface area (Å²) in [6, 6.07) is 8.13. The third-order valence-corrected chi connectivity index (χ3v) is 4.46. The van der Waals surface area contributed by atoms with Gasteiger partial charge in [-0.25, -0.2) is 0 Å². The molecule has 21 heavy (non-hydrogen) atoms. The lowest BCUT2D eigenvalue weighted by atomic mass is 9.84. The minimum atomic E-state index is -0.367. The molecule has 2 rings (SSSR count). The molecule has 0 aliphatic heterocycles. The number of carbonyl (C=O) groups excluding carboxylic acids is 1. The van der Waals surface area contributed by atoms with Crippen LogP contribution in [0.25, 0.3) is 0 Å². The monoisotopic (exact) mass is 289 g/mol. The van der Waals surface area contributed by atoms with Gasteiger partial charge in [-0.2, -0.15) is 0 Å². The van der Waals surface area contributed by atoms with Gasteiger partial charge >= 0.3 is 0 Å². The largest absolute Gasteiger partial charge is 0.393 e. The van der Waals surface area contributed by atoms with Gasteiger partial charge in [0.1, 0.15) is 0 Å². The van der Waals surface area contributed by atoms with Gasteiger partial charge in [-0.15, -0.1) is 0 Å². The van der Waals surface area contributed by atoms with Crippen molar-refractivity contribution < 1.29 is 9.90 Å². The first-order valence-corrected chi connectivity index (χ1v) is 8.11. The van der Waals surface area contributed by atoms with Gasteiger partial charge in [0, 0.05) is 19.2 Å². The van der Waals surface area contributed by atoms with Crippen LogP contribution in [0.2, 0.25) is 0 Å². The second-order valence-corrected chi connectivity index (χ2v) is 6.32. The maximum Gasteiger partial charge on any atom is 0.253 e. The average Bonchev–Trinajstić information content (AvgIpc) is 2.53. The van der Waals surface area contributed by atoms with Crippen molar-refractivity contribution in [1.82, 2.24) is 4.90 Å². The van der Waals surface area contributed by atoms with E-state index in [1.807, 2.05) is 12.1 Å². The summed E-state index contributed by atoms with van der Waals surface area (Å²) < 4.78 is 0. The minimum Gasteiger partial charge on any atom is -0.393 e. The van der Waals surface area contributed by atoms with E-state index in [-0.39, 0.29) is 12.0 Å². The molecule has 116 valence electrons. The summed E-state index contributed by atoms with van der Waals surface area (Å²) in [6.45, 7) is 2.33. The van der Waals surface area contributed by atoms with Crippen LogP contribution in [0.5, 0.6) is 0 Å². The summed E-state index contributed by atoms with van der Waals surface area (Å²) in [5.41, 5.74) is 2.11. The fourth-order valence-corrected chi connectivity index (χ4v) is 3.04. The van der Waals surface area contributed by atoms with Crippen molar-refractivity contribution in [1.29, 1.82) is 0 Å². The number of benzene rings is 1. The number of rotatable bonds is 5. The predicted octanol–water partition coefficient (Wildman–Crippen LogP) is 3.58. The summed E-state index contributed by atoms with van der Waals surface area (Å²) >= 11 is 0. The molecular weight excluding hydrogens is 262 g/mol. The molecule has 3 heteroatoms. The van der Waals surface area contributed by atoms with Gasteiger partial charge in [0.2, 0.25) is 0 Å². The van der Waals surface area contributed by atoms with Gasteiger partial charge in [0.25, 0.3) is 5.91 Å². The van der Waals surface area contributed by atoms with Crippen LogP contribution in [-0.4, -0.2) is 35.6 Å². The van der Waals surface area contributed by atoms with E-state index in [2.05, 4.69) is 12.1 Å². The van der Waals surface area contributed by atoms with Gasteiger partial charge in [0.15, 0.2) is 0 Å². The van der Waals surface area contributed by atoms with Crippen molar-refractivity contribution >= 4 is 5.91 Å². The summed E-state index contributed by atoms with van der Waals surface area (Å²) in [6.07, 6.45) is 6.82. The average molecular weight is 289 g/mol. The van der Waals surface area contributed by atoms with Crippen LogP contribution < -0.4 is 0 Å². The number of aliphatic hydroxyl groups excluding tert-OH is 1. The zero-order chi connectivity index (χ0) is 15.2. The Morgan fingerprint density at radius 1 is 1.24 bits per heavy atom. The highest BCUT2D eigenvalue weighted by Gasteiger charge is 2.17. The van der Waals surface area contributed by atoms with E-state index in [1.165, 1.54) is 37.7 Å². The van der Waals surface area contributed by atoms with E-state index in [0.29, 0.717) is 18.9 Å². The Labute approximate surface area is 128 Å². The normalized spacial score (nSPS) is 17.5. The van der Waals surface area contributed by atoms with Gasteiger partial charge in [0.05, 0.1) is 6.10 Å². The number of hydrogen-bond acceptors (Lipinski definition) is 2. The first-order chi connectivity index (χ1) is 10.1. The van der Waals surface area contributed by atoms with Crippen LogP contribution in [0, 0.1) is 0 Å². The lowest BCUT2D eigenvalue weighted by molar-refractivity contribution is 0.0769. The number of aliphatic hydroxyl groups is 1. The number of amides is 1. The predicted molar refractivity (Wildman–Crippen MR) is 85.5 cm³/mol. The topological polar surface area (TPSA) is 40.5 Å². The molecule has 0 radical (unpaired) electrons. The third kappa shape index (κ3) is 4.57. The van der Waals surface area contributed by atoms with Crippen LogP contribution in [0.15, 0.2) is 24.3 Å². The van der Waals surface area contributed by atoms with Crippen LogP contribution >= 0.6 is 0 Å². The molecule has 1 unspecified atom stereocenters. The Kier molecular flexibility index (Phi) is 5.80. The number of hydrogen-bond donors (Lipinski definition) is 1. The van der Waals surface area contributed by atoms with E-state index in [9.17, 15) is 9.90 Å². The summed E-state index contributed by atoms with van der Waals surface area (Å²) in [5, 5.41) is 9.30. The van der Waals surface area contributed by atoms with E-state index in [4.69, 9.17) is 0 Å². The van der Waals surface area contributed by atoms with Crippen LogP contribution in [0.3, 0.4) is 0 Å². The highest BCUT2D eigenvalue weighted by Crippen LogP contribution is 2.32. The molecule has 3 nitrogen and oxygen atoms in total. The Morgan fingerprint density at radius 2 is 1.86 bits per heavy atom. The van der Waals surface area contributed by atoms with Gasteiger partial charge < -0.3 is 10.0 Å². The summed E-state index contributed by atoms with van der Waals surface area (Å²) in [4.78, 5) is 14.0. The highest BCUT2D eigenvalue weighted by molar-refractivity contribution is 5.94. The zero-order valence-corrected chi connectivity index (χ0v) is 13.2. The molecule has 0 saturated heterocycles. The van der Waals surface area contributed by atoms with Crippen molar-refractivity contribution in [2.75, 3.05) is 13.6 Å². The van der Waals surface area contributed by atoms with Crippen molar-refractivity contribution in [3.05, 3.63) is 35.4 Å². The van der Waals surface area contributed by atoms with E-state index in [0.717, 1.165) is 5.56 Å². The molecule has 1 aromatic carbocycles. The van der Waals surface area contributed by atoms with Gasteiger partial charge in [-0.3, -0.25) is 4.79 Å². The third-order valence-electron chi connectivity index (χ3n) is 4.46. The van der Waals surface area contributed by atoms with Gasteiger partial charge in [-0.05, 0) is 49.8 Å². The molecule has 0 aromatic heterocycles. The number of carbonyl (C=O) groups is 1. The lowest BCUT2D eigenvalue weighted by Gasteiger charge is -2.22. The maximum atomic E-state index is 12.3. The smallest absolute Gasteiger partial charge is 0.253 e. The zero-order valence-electron chi connectivity index (χ0n) is 13.2. The second-order valence-electron chi connectivity index (χ2n) is 6.32. The fourth-order valence-electron chi connectivity index (χ4n) is 3.04. The van der Waals surface area contributed by atoms with E-state index in [1.54, 1.807) is 18.9 Å². The molecule has 1 N–H and O–H groups in total. The molecule has 0 bridgehead atoms. The Morgan fingerprint density at radius 3 is 2.43 bits per heavy atom.